The molecule has 0 saturated carbocycles. The van der Waals surface area contributed by atoms with Gasteiger partial charge in [0.25, 0.3) is 0 Å². The summed E-state index contributed by atoms with van der Waals surface area (Å²) in [6, 6.07) is 7.91. The monoisotopic (exact) mass is 275 g/mol. The number of hydrogen-bond acceptors (Lipinski definition) is 3. The topological polar surface area (TPSA) is 75.4 Å². The van der Waals surface area contributed by atoms with Crippen molar-refractivity contribution < 1.29 is 9.59 Å². The molecule has 2 amide bonds. The molecule has 1 atom stereocenters. The molecule has 1 heterocycles. The minimum Gasteiger partial charge on any atom is -0.347 e. The lowest BCUT2D eigenvalue weighted by Gasteiger charge is -2.29. The van der Waals surface area contributed by atoms with Crippen LogP contribution in [0, 0.1) is 5.92 Å². The Morgan fingerprint density at radius 3 is 2.90 bits per heavy atom. The SMILES string of the molecule is CC(CN)C(=O)NCC(=O)N1CCCc2ccccc21. The molecule has 1 aliphatic heterocycles. The highest BCUT2D eigenvalue weighted by Crippen LogP contribution is 2.26. The minimum atomic E-state index is -0.267. The van der Waals surface area contributed by atoms with Gasteiger partial charge in [-0.1, -0.05) is 25.1 Å². The number of amides is 2. The Hall–Kier alpha value is -1.88. The van der Waals surface area contributed by atoms with Crippen LogP contribution < -0.4 is 16.0 Å². The van der Waals surface area contributed by atoms with E-state index in [1.807, 2.05) is 24.3 Å². The molecule has 5 nitrogen and oxygen atoms in total. The first-order valence-electron chi connectivity index (χ1n) is 6.99. The van der Waals surface area contributed by atoms with Crippen molar-refractivity contribution in [2.45, 2.75) is 19.8 Å². The van der Waals surface area contributed by atoms with E-state index in [1.165, 1.54) is 5.56 Å². The first-order valence-corrected chi connectivity index (χ1v) is 6.99. The van der Waals surface area contributed by atoms with Crippen molar-refractivity contribution in [3.63, 3.8) is 0 Å². The standard InChI is InChI=1S/C15H21N3O2/c1-11(9-16)15(20)17-10-14(19)18-8-4-6-12-5-2-3-7-13(12)18/h2-3,5,7,11H,4,6,8-10,16H2,1H3,(H,17,20). The highest BCUT2D eigenvalue weighted by Gasteiger charge is 2.22. The molecule has 5 heteroatoms. The van der Waals surface area contributed by atoms with Gasteiger partial charge in [-0.05, 0) is 24.5 Å². The summed E-state index contributed by atoms with van der Waals surface area (Å²) >= 11 is 0. The Kier molecular flexibility index (Phi) is 4.74. The summed E-state index contributed by atoms with van der Waals surface area (Å²) < 4.78 is 0. The van der Waals surface area contributed by atoms with Gasteiger partial charge in [-0.3, -0.25) is 9.59 Å². The average molecular weight is 275 g/mol. The lowest BCUT2D eigenvalue weighted by atomic mass is 10.0. The summed E-state index contributed by atoms with van der Waals surface area (Å²) in [6.45, 7) is 2.76. The van der Waals surface area contributed by atoms with E-state index < -0.39 is 0 Å². The second-order valence-electron chi connectivity index (χ2n) is 5.13. The Balaban J connectivity index is 1.99. The number of rotatable bonds is 4. The summed E-state index contributed by atoms with van der Waals surface area (Å²) in [5, 5.41) is 2.65. The summed E-state index contributed by atoms with van der Waals surface area (Å²) in [7, 11) is 0. The first-order chi connectivity index (χ1) is 9.63. The van der Waals surface area contributed by atoms with Gasteiger partial charge in [0.1, 0.15) is 0 Å². The van der Waals surface area contributed by atoms with Gasteiger partial charge >= 0.3 is 0 Å². The van der Waals surface area contributed by atoms with E-state index in [2.05, 4.69) is 5.32 Å². The van der Waals surface area contributed by atoms with Gasteiger partial charge in [-0.25, -0.2) is 0 Å². The molecule has 1 aromatic carbocycles. The van der Waals surface area contributed by atoms with E-state index in [9.17, 15) is 9.59 Å². The van der Waals surface area contributed by atoms with Gasteiger partial charge in [0.2, 0.25) is 11.8 Å². The number of fused-ring (bicyclic) bond motifs is 1. The third-order valence-electron chi connectivity index (χ3n) is 3.63. The predicted molar refractivity (Wildman–Crippen MR) is 78.3 cm³/mol. The number of benzene rings is 1. The van der Waals surface area contributed by atoms with Gasteiger partial charge in [0, 0.05) is 24.7 Å². The van der Waals surface area contributed by atoms with Gasteiger partial charge < -0.3 is 16.0 Å². The van der Waals surface area contributed by atoms with Gasteiger partial charge in [0.15, 0.2) is 0 Å². The lowest BCUT2D eigenvalue weighted by molar-refractivity contribution is -0.127. The number of para-hydroxylation sites is 1. The Morgan fingerprint density at radius 2 is 2.15 bits per heavy atom. The van der Waals surface area contributed by atoms with Crippen LogP contribution in [-0.2, 0) is 16.0 Å². The van der Waals surface area contributed by atoms with Gasteiger partial charge in [-0.2, -0.15) is 0 Å². The smallest absolute Gasteiger partial charge is 0.246 e. The van der Waals surface area contributed by atoms with Gasteiger partial charge in [0.05, 0.1) is 6.54 Å². The zero-order valence-electron chi connectivity index (χ0n) is 11.8. The van der Waals surface area contributed by atoms with E-state index in [1.54, 1.807) is 11.8 Å². The molecule has 2 rings (SSSR count). The average Bonchev–Trinajstić information content (AvgIpc) is 2.50. The van der Waals surface area contributed by atoms with Crippen molar-refractivity contribution in [1.29, 1.82) is 0 Å². The molecule has 0 fully saturated rings. The number of carbonyl (C=O) groups is 2. The largest absolute Gasteiger partial charge is 0.347 e. The third kappa shape index (κ3) is 3.17. The molecule has 0 radical (unpaired) electrons. The number of nitrogens with two attached hydrogens (primary N) is 1. The van der Waals surface area contributed by atoms with Crippen molar-refractivity contribution >= 4 is 17.5 Å². The van der Waals surface area contributed by atoms with Crippen molar-refractivity contribution in [1.82, 2.24) is 5.32 Å². The van der Waals surface area contributed by atoms with E-state index in [4.69, 9.17) is 5.73 Å². The second kappa shape index (κ2) is 6.52. The Bertz CT molecular complexity index is 502. The third-order valence-corrected chi connectivity index (χ3v) is 3.63. The molecule has 108 valence electrons. The molecule has 1 unspecified atom stereocenters. The Labute approximate surface area is 119 Å². The van der Waals surface area contributed by atoms with Crippen LogP contribution >= 0.6 is 0 Å². The molecular weight excluding hydrogens is 254 g/mol. The number of hydrogen-bond donors (Lipinski definition) is 2. The van der Waals surface area contributed by atoms with Crippen LogP contribution in [0.3, 0.4) is 0 Å². The molecule has 0 aromatic heterocycles. The van der Waals surface area contributed by atoms with Crippen molar-refractivity contribution in [2.24, 2.45) is 11.7 Å². The number of nitrogens with zero attached hydrogens (tertiary/aromatic N) is 1. The van der Waals surface area contributed by atoms with Crippen molar-refractivity contribution in [2.75, 3.05) is 24.5 Å². The minimum absolute atomic E-state index is 0.0253. The summed E-state index contributed by atoms with van der Waals surface area (Å²) in [4.78, 5) is 25.7. The highest BCUT2D eigenvalue weighted by molar-refractivity contribution is 5.97. The molecule has 0 saturated heterocycles. The summed E-state index contributed by atoms with van der Waals surface area (Å²) in [5.74, 6) is -0.516. The highest BCUT2D eigenvalue weighted by atomic mass is 16.2. The second-order valence-corrected chi connectivity index (χ2v) is 5.13. The maximum atomic E-state index is 12.3. The normalized spacial score (nSPS) is 15.4. The van der Waals surface area contributed by atoms with Crippen LogP contribution in [-0.4, -0.2) is 31.4 Å². The van der Waals surface area contributed by atoms with Crippen LogP contribution in [0.25, 0.3) is 0 Å². The van der Waals surface area contributed by atoms with E-state index in [0.29, 0.717) is 6.54 Å². The van der Waals surface area contributed by atoms with Crippen LogP contribution in [0.5, 0.6) is 0 Å². The maximum absolute atomic E-state index is 12.3. The molecule has 0 spiro atoms. The molecule has 1 aliphatic rings. The zero-order chi connectivity index (χ0) is 14.5. The molecule has 0 aliphatic carbocycles. The van der Waals surface area contributed by atoms with E-state index in [0.717, 1.165) is 18.5 Å². The molecular formula is C15H21N3O2. The first kappa shape index (κ1) is 14.5. The molecule has 3 N–H and O–H groups in total. The quantitative estimate of drug-likeness (QED) is 0.848. The van der Waals surface area contributed by atoms with E-state index in [-0.39, 0.29) is 30.8 Å². The van der Waals surface area contributed by atoms with Crippen LogP contribution in [0.1, 0.15) is 18.9 Å². The molecule has 1 aromatic rings. The van der Waals surface area contributed by atoms with Crippen molar-refractivity contribution in [3.8, 4) is 0 Å². The number of aryl methyl sites for hydroxylation is 1. The summed E-state index contributed by atoms with van der Waals surface area (Å²) in [5.41, 5.74) is 7.58. The predicted octanol–water partition coefficient (Wildman–Crippen LogP) is 0.677. The lowest BCUT2D eigenvalue weighted by Crippen LogP contribution is -2.44. The van der Waals surface area contributed by atoms with Crippen molar-refractivity contribution in [3.05, 3.63) is 29.8 Å². The fourth-order valence-electron chi connectivity index (χ4n) is 2.33. The zero-order valence-corrected chi connectivity index (χ0v) is 11.8. The van der Waals surface area contributed by atoms with Crippen LogP contribution in [0.15, 0.2) is 24.3 Å². The Morgan fingerprint density at radius 1 is 1.40 bits per heavy atom. The molecule has 20 heavy (non-hydrogen) atoms. The fraction of sp³-hybridized carbons (Fsp3) is 0.467. The van der Waals surface area contributed by atoms with Crippen LogP contribution in [0.4, 0.5) is 5.69 Å². The maximum Gasteiger partial charge on any atom is 0.246 e. The van der Waals surface area contributed by atoms with Crippen LogP contribution in [0.2, 0.25) is 0 Å². The number of carbonyl (C=O) groups excluding carboxylic acids is 2. The number of nitrogens with one attached hydrogen (secondary N) is 1. The molecule has 0 bridgehead atoms. The summed E-state index contributed by atoms with van der Waals surface area (Å²) in [6.07, 6.45) is 1.95. The number of anilines is 1. The van der Waals surface area contributed by atoms with E-state index >= 15 is 0 Å². The fourth-order valence-corrected chi connectivity index (χ4v) is 2.33. The van der Waals surface area contributed by atoms with Gasteiger partial charge in [-0.15, -0.1) is 0 Å².